The molecule has 1 N–H and O–H groups in total. The molecule has 0 aliphatic carbocycles. The van der Waals surface area contributed by atoms with E-state index in [1.165, 1.54) is 5.56 Å². The Kier molecular flexibility index (Phi) is 10.5. The molecule has 0 aromatic heterocycles. The van der Waals surface area contributed by atoms with Crippen LogP contribution in [0.25, 0.3) is 0 Å². The highest BCUT2D eigenvalue weighted by Crippen LogP contribution is 2.28. The summed E-state index contributed by atoms with van der Waals surface area (Å²) in [7, 11) is 0. The van der Waals surface area contributed by atoms with E-state index < -0.39 is 11.6 Å². The molecule has 0 radical (unpaired) electrons. The van der Waals surface area contributed by atoms with Gasteiger partial charge in [-0.25, -0.2) is 0 Å². The Balaban J connectivity index is 1.91. The van der Waals surface area contributed by atoms with Gasteiger partial charge in [0.2, 0.25) is 11.8 Å². The van der Waals surface area contributed by atoms with E-state index in [2.05, 4.69) is 29.6 Å². The molecule has 3 aromatic carbocycles. The number of nitrogens with zero attached hydrogens (tertiary/aromatic N) is 1. The van der Waals surface area contributed by atoms with Gasteiger partial charge in [0.15, 0.2) is 0 Å². The number of carbonyl (C=O) groups is 2. The van der Waals surface area contributed by atoms with Crippen molar-refractivity contribution in [1.29, 1.82) is 0 Å². The van der Waals surface area contributed by atoms with E-state index in [1.54, 1.807) is 34.9 Å². The predicted octanol–water partition coefficient (Wildman–Crippen LogP) is 7.34. The Morgan fingerprint density at radius 3 is 2.14 bits per heavy atom. The van der Waals surface area contributed by atoms with Crippen molar-refractivity contribution < 1.29 is 9.59 Å². The van der Waals surface area contributed by atoms with Crippen LogP contribution < -0.4 is 5.32 Å². The molecule has 0 aliphatic rings. The summed E-state index contributed by atoms with van der Waals surface area (Å²) in [6.45, 7) is 7.98. The van der Waals surface area contributed by atoms with Crippen molar-refractivity contribution in [2.75, 3.05) is 5.75 Å². The first-order valence-electron chi connectivity index (χ1n) is 12.3. The van der Waals surface area contributed by atoms with Gasteiger partial charge >= 0.3 is 0 Å². The fourth-order valence-electron chi connectivity index (χ4n) is 3.89. The Hall–Kier alpha value is -2.47. The van der Waals surface area contributed by atoms with E-state index in [4.69, 9.17) is 23.2 Å². The minimum absolute atomic E-state index is 0.124. The zero-order valence-corrected chi connectivity index (χ0v) is 24.1. The predicted molar refractivity (Wildman–Crippen MR) is 155 cm³/mol. The van der Waals surface area contributed by atoms with Crippen LogP contribution in [0.2, 0.25) is 10.0 Å². The molecule has 0 saturated carbocycles. The van der Waals surface area contributed by atoms with Gasteiger partial charge in [-0.3, -0.25) is 9.59 Å². The summed E-state index contributed by atoms with van der Waals surface area (Å²) in [5.41, 5.74) is 2.34. The summed E-state index contributed by atoms with van der Waals surface area (Å²) in [5, 5.41) is 4.01. The Labute approximate surface area is 234 Å². The van der Waals surface area contributed by atoms with Gasteiger partial charge in [-0.05, 0) is 57.5 Å². The van der Waals surface area contributed by atoms with Crippen molar-refractivity contribution in [1.82, 2.24) is 10.2 Å². The number of hydrogen-bond acceptors (Lipinski definition) is 3. The van der Waals surface area contributed by atoms with Gasteiger partial charge < -0.3 is 10.2 Å². The number of halogens is 2. The molecule has 3 aromatic rings. The summed E-state index contributed by atoms with van der Waals surface area (Å²) in [5.74, 6) is 0.257. The van der Waals surface area contributed by atoms with Crippen molar-refractivity contribution in [3.63, 3.8) is 0 Å². The quantitative estimate of drug-likeness (QED) is 0.266. The van der Waals surface area contributed by atoms with E-state index >= 15 is 0 Å². The number of thioether (sulfide) groups is 1. The topological polar surface area (TPSA) is 49.4 Å². The van der Waals surface area contributed by atoms with Crippen molar-refractivity contribution in [3.05, 3.63) is 99.5 Å². The summed E-state index contributed by atoms with van der Waals surface area (Å²) in [6.07, 6.45) is 0.649. The van der Waals surface area contributed by atoms with Gasteiger partial charge in [-0.15, -0.1) is 11.8 Å². The number of nitrogens with one attached hydrogen (secondary N) is 1. The van der Waals surface area contributed by atoms with Crippen molar-refractivity contribution in [2.45, 2.75) is 63.6 Å². The van der Waals surface area contributed by atoms with Gasteiger partial charge in [-0.2, -0.15) is 0 Å². The number of rotatable bonds is 10. The SMILES string of the molecule is Cc1ccc(SCCC(=O)N(Cc2c(Cl)cccc2Cl)C(Cc2ccccc2)C(=O)NC(C)(C)C)cc1. The Morgan fingerprint density at radius 2 is 1.54 bits per heavy atom. The molecule has 0 heterocycles. The number of amides is 2. The fourth-order valence-corrected chi connectivity index (χ4v) is 5.25. The van der Waals surface area contributed by atoms with Crippen LogP contribution in [-0.4, -0.2) is 34.0 Å². The highest BCUT2D eigenvalue weighted by Gasteiger charge is 2.32. The molecule has 0 saturated heterocycles. The lowest BCUT2D eigenvalue weighted by molar-refractivity contribution is -0.141. The fraction of sp³-hybridized carbons (Fsp3) is 0.333. The maximum atomic E-state index is 13.8. The molecule has 1 unspecified atom stereocenters. The van der Waals surface area contributed by atoms with Crippen LogP contribution in [0, 0.1) is 6.92 Å². The molecule has 0 fully saturated rings. The molecule has 2 amide bonds. The second-order valence-corrected chi connectivity index (χ2v) is 12.1. The third-order valence-electron chi connectivity index (χ3n) is 5.77. The molecular formula is C30H34Cl2N2O2S. The van der Waals surface area contributed by atoms with Crippen LogP contribution in [0.15, 0.2) is 77.7 Å². The molecule has 196 valence electrons. The van der Waals surface area contributed by atoms with E-state index in [0.29, 0.717) is 27.8 Å². The largest absolute Gasteiger partial charge is 0.350 e. The van der Waals surface area contributed by atoms with E-state index in [0.717, 1.165) is 10.5 Å². The van der Waals surface area contributed by atoms with Crippen molar-refractivity contribution in [3.8, 4) is 0 Å². The molecule has 7 heteroatoms. The van der Waals surface area contributed by atoms with Gasteiger partial charge in [0.1, 0.15) is 6.04 Å². The summed E-state index contributed by atoms with van der Waals surface area (Å²) >= 11 is 14.6. The lowest BCUT2D eigenvalue weighted by Gasteiger charge is -2.34. The monoisotopic (exact) mass is 556 g/mol. The molecule has 0 bridgehead atoms. The zero-order valence-electron chi connectivity index (χ0n) is 21.8. The second-order valence-electron chi connectivity index (χ2n) is 10.1. The summed E-state index contributed by atoms with van der Waals surface area (Å²) < 4.78 is 0. The minimum atomic E-state index is -0.731. The lowest BCUT2D eigenvalue weighted by atomic mass is 10.0. The maximum Gasteiger partial charge on any atom is 0.243 e. The van der Waals surface area contributed by atoms with Crippen LogP contribution in [-0.2, 0) is 22.6 Å². The highest BCUT2D eigenvalue weighted by atomic mass is 35.5. The normalized spacial score (nSPS) is 12.2. The summed E-state index contributed by atoms with van der Waals surface area (Å²) in [4.78, 5) is 30.1. The minimum Gasteiger partial charge on any atom is -0.350 e. The van der Waals surface area contributed by atoms with Gasteiger partial charge in [0, 0.05) is 51.2 Å². The number of aryl methyl sites for hydroxylation is 1. The van der Waals surface area contributed by atoms with Gasteiger partial charge in [-0.1, -0.05) is 77.3 Å². The third kappa shape index (κ3) is 9.10. The van der Waals surface area contributed by atoms with E-state index in [-0.39, 0.29) is 24.8 Å². The molecule has 4 nitrogen and oxygen atoms in total. The molecule has 37 heavy (non-hydrogen) atoms. The third-order valence-corrected chi connectivity index (χ3v) is 7.49. The number of hydrogen-bond donors (Lipinski definition) is 1. The molecular weight excluding hydrogens is 523 g/mol. The molecule has 1 atom stereocenters. The van der Waals surface area contributed by atoms with Crippen molar-refractivity contribution >= 4 is 46.8 Å². The first kappa shape index (κ1) is 29.1. The molecule has 0 spiro atoms. The van der Waals surface area contributed by atoms with Gasteiger partial charge in [0.05, 0.1) is 0 Å². The Bertz CT molecular complexity index is 1170. The van der Waals surface area contributed by atoms with Crippen molar-refractivity contribution in [2.24, 2.45) is 0 Å². The molecule has 3 rings (SSSR count). The second kappa shape index (κ2) is 13.4. The number of carbonyl (C=O) groups excluding carboxylic acids is 2. The van der Waals surface area contributed by atoms with Crippen LogP contribution in [0.1, 0.15) is 43.9 Å². The molecule has 0 aliphatic heterocycles. The van der Waals surface area contributed by atoms with Crippen LogP contribution in [0.5, 0.6) is 0 Å². The summed E-state index contributed by atoms with van der Waals surface area (Å²) in [6, 6.07) is 22.5. The average Bonchev–Trinajstić information content (AvgIpc) is 2.83. The van der Waals surface area contributed by atoms with Crippen LogP contribution in [0.3, 0.4) is 0 Å². The van der Waals surface area contributed by atoms with E-state index in [1.807, 2.05) is 58.0 Å². The standard InChI is InChI=1S/C30H34Cl2N2O2S/c1-21-13-15-23(16-14-21)37-18-17-28(35)34(20-24-25(31)11-8-12-26(24)32)27(29(36)33-30(2,3)4)19-22-9-6-5-7-10-22/h5-16,27H,17-20H2,1-4H3,(H,33,36). The van der Waals surface area contributed by atoms with Gasteiger partial charge in [0.25, 0.3) is 0 Å². The highest BCUT2D eigenvalue weighted by molar-refractivity contribution is 7.99. The average molecular weight is 558 g/mol. The zero-order chi connectivity index (χ0) is 27.0. The lowest BCUT2D eigenvalue weighted by Crippen LogP contribution is -2.54. The smallest absolute Gasteiger partial charge is 0.243 e. The van der Waals surface area contributed by atoms with Crippen LogP contribution >= 0.6 is 35.0 Å². The Morgan fingerprint density at radius 1 is 0.919 bits per heavy atom. The van der Waals surface area contributed by atoms with E-state index in [9.17, 15) is 9.59 Å². The first-order valence-corrected chi connectivity index (χ1v) is 14.1. The van der Waals surface area contributed by atoms with Crippen LogP contribution in [0.4, 0.5) is 0 Å². The number of benzene rings is 3. The maximum absolute atomic E-state index is 13.8. The first-order chi connectivity index (χ1) is 17.5.